The second kappa shape index (κ2) is 52.4. The van der Waals surface area contributed by atoms with Gasteiger partial charge in [-0.15, -0.1) is 0 Å². The Morgan fingerprint density at radius 2 is 0.800 bits per heavy atom. The summed E-state index contributed by atoms with van der Waals surface area (Å²) >= 11 is 0. The molecule has 10 heteroatoms. The lowest BCUT2D eigenvalue weighted by atomic mass is 10.0. The van der Waals surface area contributed by atoms with Crippen LogP contribution in [0.1, 0.15) is 296 Å². The van der Waals surface area contributed by atoms with Gasteiger partial charge < -0.3 is 27.9 Å². The van der Waals surface area contributed by atoms with Crippen molar-refractivity contribution in [3.8, 4) is 0 Å². The number of quaternary nitrogens is 1. The number of carbonyl (C=O) groups excluding carboxylic acids is 2. The van der Waals surface area contributed by atoms with Crippen LogP contribution in [0.15, 0.2) is 24.3 Å². The molecule has 0 spiro atoms. The molecule has 0 bridgehead atoms. The Kier molecular flexibility index (Phi) is 51.2. The number of likely N-dealkylation sites (N-methyl/N-ethyl adjacent to an activating group) is 1. The van der Waals surface area contributed by atoms with E-state index in [1.165, 1.54) is 199 Å². The summed E-state index contributed by atoms with van der Waals surface area (Å²) in [6, 6.07) is 0. The first kappa shape index (κ1) is 68.5. The summed E-state index contributed by atoms with van der Waals surface area (Å²) in [6.45, 7) is 4.20. The first-order valence-electron chi connectivity index (χ1n) is 30.0. The third-order valence-electron chi connectivity index (χ3n) is 13.5. The number of nitrogens with zero attached hydrogens (tertiary/aromatic N) is 1. The van der Waals surface area contributed by atoms with Crippen LogP contribution in [0.3, 0.4) is 0 Å². The van der Waals surface area contributed by atoms with Crippen LogP contribution in [-0.4, -0.2) is 70.0 Å². The van der Waals surface area contributed by atoms with Crippen molar-refractivity contribution in [2.75, 3.05) is 47.5 Å². The highest BCUT2D eigenvalue weighted by molar-refractivity contribution is 7.45. The van der Waals surface area contributed by atoms with E-state index >= 15 is 0 Å². The lowest BCUT2D eigenvalue weighted by Gasteiger charge is -2.28. The van der Waals surface area contributed by atoms with E-state index in [9.17, 15) is 19.0 Å². The number of carbonyl (C=O) groups is 2. The zero-order valence-corrected chi connectivity index (χ0v) is 47.9. The second-order valence-electron chi connectivity index (χ2n) is 21.7. The smallest absolute Gasteiger partial charge is 0.306 e. The SMILES string of the molecule is CCC/C=C\C/C=C\CCCCCCCC(=O)OC(COC(=O)CCCCCCCCCCCCCCCCCCCCCCCCCCCCCCCCCCC)COP(=O)([O-])OCC[N+](C)(C)C. The number of phosphoric ester groups is 1. The molecule has 2 unspecified atom stereocenters. The summed E-state index contributed by atoms with van der Waals surface area (Å²) in [6.07, 6.45) is 62.6. The molecule has 0 fully saturated rings. The van der Waals surface area contributed by atoms with Crippen LogP contribution in [-0.2, 0) is 32.7 Å². The lowest BCUT2D eigenvalue weighted by molar-refractivity contribution is -0.870. The molecule has 0 aliphatic rings. The van der Waals surface area contributed by atoms with Crippen molar-refractivity contribution in [2.45, 2.75) is 302 Å². The highest BCUT2D eigenvalue weighted by Gasteiger charge is 2.22. The van der Waals surface area contributed by atoms with E-state index in [-0.39, 0.29) is 32.0 Å². The van der Waals surface area contributed by atoms with E-state index in [0.29, 0.717) is 17.4 Å². The maximum Gasteiger partial charge on any atom is 0.306 e. The van der Waals surface area contributed by atoms with Gasteiger partial charge in [0.05, 0.1) is 27.7 Å². The normalized spacial score (nSPS) is 13.4. The Hall–Kier alpha value is -1.51. The van der Waals surface area contributed by atoms with Gasteiger partial charge in [0.1, 0.15) is 19.8 Å². The topological polar surface area (TPSA) is 111 Å². The zero-order valence-electron chi connectivity index (χ0n) is 47.0. The highest BCUT2D eigenvalue weighted by Crippen LogP contribution is 2.38. The number of hydrogen-bond acceptors (Lipinski definition) is 8. The van der Waals surface area contributed by atoms with Crippen LogP contribution in [0.5, 0.6) is 0 Å². The number of ether oxygens (including phenoxy) is 2. The van der Waals surface area contributed by atoms with Crippen molar-refractivity contribution in [1.82, 2.24) is 0 Å². The van der Waals surface area contributed by atoms with Crippen LogP contribution in [0.4, 0.5) is 0 Å². The predicted octanol–water partition coefficient (Wildman–Crippen LogP) is 18.0. The quantitative estimate of drug-likeness (QED) is 0.0195. The average Bonchev–Trinajstić information content (AvgIpc) is 3.32. The average molecular weight is 1010 g/mol. The third kappa shape index (κ3) is 55.8. The van der Waals surface area contributed by atoms with Crippen LogP contribution in [0.25, 0.3) is 0 Å². The fourth-order valence-electron chi connectivity index (χ4n) is 8.82. The molecule has 0 saturated heterocycles. The maximum absolute atomic E-state index is 12.7. The van der Waals surface area contributed by atoms with Crippen LogP contribution in [0, 0.1) is 0 Å². The van der Waals surface area contributed by atoms with Gasteiger partial charge in [0, 0.05) is 12.8 Å². The van der Waals surface area contributed by atoms with Gasteiger partial charge in [0.2, 0.25) is 0 Å². The zero-order chi connectivity index (χ0) is 51.3. The molecule has 0 saturated carbocycles. The number of unbranched alkanes of at least 4 members (excludes halogenated alkanes) is 38. The Balaban J connectivity index is 3.92. The minimum Gasteiger partial charge on any atom is -0.756 e. The fourth-order valence-corrected chi connectivity index (χ4v) is 9.54. The number of hydrogen-bond donors (Lipinski definition) is 0. The minimum absolute atomic E-state index is 0.0316. The Morgan fingerprint density at radius 1 is 0.443 bits per heavy atom. The number of allylic oxidation sites excluding steroid dienone is 4. The van der Waals surface area contributed by atoms with Gasteiger partial charge in [0.15, 0.2) is 6.10 Å². The molecule has 0 N–H and O–H groups in total. The molecule has 0 aliphatic carbocycles. The van der Waals surface area contributed by atoms with E-state index in [1.807, 2.05) is 21.1 Å². The first-order chi connectivity index (χ1) is 34.0. The summed E-state index contributed by atoms with van der Waals surface area (Å²) < 4.78 is 34.1. The van der Waals surface area contributed by atoms with E-state index < -0.39 is 26.5 Å². The molecule has 0 aliphatic heterocycles. The summed E-state index contributed by atoms with van der Waals surface area (Å²) in [5.74, 6) is -0.837. The fraction of sp³-hybridized carbons (Fsp3) is 0.900. The molecule has 2 atom stereocenters. The number of rotatable bonds is 56. The predicted molar refractivity (Wildman–Crippen MR) is 296 cm³/mol. The molecule has 0 radical (unpaired) electrons. The molecule has 0 aromatic carbocycles. The standard InChI is InChI=1S/C60H116NO8P/c1-6-8-10-12-14-16-18-20-21-22-23-24-25-26-27-28-29-30-31-32-33-34-35-36-37-38-39-41-42-44-46-48-50-52-59(62)66-56-58(57-68-70(64,65)67-55-54-61(3,4)5)69-60(63)53-51-49-47-45-43-40-19-17-15-13-11-9-7-2/h11,13,17,19,58H,6-10,12,14-16,18,20-57H2,1-5H3/b13-11-,19-17-. The van der Waals surface area contributed by atoms with Gasteiger partial charge in [-0.05, 0) is 38.5 Å². The van der Waals surface area contributed by atoms with Crippen LogP contribution in [0.2, 0.25) is 0 Å². The van der Waals surface area contributed by atoms with Crippen LogP contribution >= 0.6 is 7.82 Å². The monoisotopic (exact) mass is 1010 g/mol. The van der Waals surface area contributed by atoms with Gasteiger partial charge in [-0.2, -0.15) is 0 Å². The van der Waals surface area contributed by atoms with Crippen molar-refractivity contribution in [1.29, 1.82) is 0 Å². The highest BCUT2D eigenvalue weighted by atomic mass is 31.2. The van der Waals surface area contributed by atoms with Gasteiger partial charge in [0.25, 0.3) is 7.82 Å². The molecule has 0 rings (SSSR count). The minimum atomic E-state index is -4.63. The molecular weight excluding hydrogens is 894 g/mol. The van der Waals surface area contributed by atoms with E-state index in [2.05, 4.69) is 38.2 Å². The molecular formula is C60H116NO8P. The molecule has 0 aromatic rings. The number of phosphoric acid groups is 1. The summed E-state index contributed by atoms with van der Waals surface area (Å²) in [4.78, 5) is 37.7. The van der Waals surface area contributed by atoms with Gasteiger partial charge in [-0.1, -0.05) is 269 Å². The summed E-state index contributed by atoms with van der Waals surface area (Å²) in [7, 11) is 1.17. The lowest BCUT2D eigenvalue weighted by Crippen LogP contribution is -2.37. The van der Waals surface area contributed by atoms with E-state index in [4.69, 9.17) is 18.5 Å². The Morgan fingerprint density at radius 3 is 1.19 bits per heavy atom. The molecule has 9 nitrogen and oxygen atoms in total. The molecule has 0 heterocycles. The second-order valence-corrected chi connectivity index (χ2v) is 23.1. The summed E-state index contributed by atoms with van der Waals surface area (Å²) in [5, 5.41) is 0. The van der Waals surface area contributed by atoms with Gasteiger partial charge in [-0.25, -0.2) is 0 Å². The van der Waals surface area contributed by atoms with Crippen molar-refractivity contribution in [3.63, 3.8) is 0 Å². The molecule has 70 heavy (non-hydrogen) atoms. The maximum atomic E-state index is 12.7. The van der Waals surface area contributed by atoms with Gasteiger partial charge >= 0.3 is 11.9 Å². The largest absolute Gasteiger partial charge is 0.756 e. The van der Waals surface area contributed by atoms with E-state index in [0.717, 1.165) is 64.2 Å². The summed E-state index contributed by atoms with van der Waals surface area (Å²) in [5.41, 5.74) is 0. The van der Waals surface area contributed by atoms with Crippen molar-refractivity contribution >= 4 is 19.8 Å². The Bertz CT molecular complexity index is 1240. The van der Waals surface area contributed by atoms with Crippen LogP contribution < -0.4 is 4.89 Å². The molecule has 0 amide bonds. The molecule has 0 aromatic heterocycles. The third-order valence-corrected chi connectivity index (χ3v) is 14.4. The van der Waals surface area contributed by atoms with Crippen molar-refractivity contribution in [3.05, 3.63) is 24.3 Å². The molecule has 414 valence electrons. The van der Waals surface area contributed by atoms with E-state index in [1.54, 1.807) is 0 Å². The Labute approximate surface area is 434 Å². The first-order valence-corrected chi connectivity index (χ1v) is 31.5. The van der Waals surface area contributed by atoms with Gasteiger partial charge in [-0.3, -0.25) is 14.2 Å². The van der Waals surface area contributed by atoms with Crippen molar-refractivity contribution in [2.24, 2.45) is 0 Å². The van der Waals surface area contributed by atoms with Crippen molar-refractivity contribution < 1.29 is 42.1 Å². The number of esters is 2.